The number of rotatable bonds is 5. The fraction of sp³-hybridized carbons (Fsp3) is 1.00. The number of hydrogen-bond acceptors (Lipinski definition) is 5. The molecule has 2 heterocycles. The molecule has 0 aromatic carbocycles. The van der Waals surface area contributed by atoms with Gasteiger partial charge in [0.25, 0.3) is 0 Å². The molecule has 0 spiro atoms. The average Bonchev–Trinajstić information content (AvgIpc) is 2.52. The highest BCUT2D eigenvalue weighted by atomic mass is 32.2. The van der Waals surface area contributed by atoms with E-state index in [0.717, 1.165) is 0 Å². The van der Waals surface area contributed by atoms with Crippen LogP contribution in [0.1, 0.15) is 38.5 Å². The van der Waals surface area contributed by atoms with Crippen LogP contribution in [0.3, 0.4) is 0 Å². The van der Waals surface area contributed by atoms with E-state index in [1.54, 1.807) is 14.2 Å². The Morgan fingerprint density at radius 1 is 1.22 bits per heavy atom. The number of aliphatic hydroxyl groups is 1. The van der Waals surface area contributed by atoms with Crippen molar-refractivity contribution in [3.8, 4) is 0 Å². The molecular weight excluding hydrogens is 256 g/mol. The van der Waals surface area contributed by atoms with Gasteiger partial charge in [0.2, 0.25) is 0 Å². The number of hydrogen-bond donors (Lipinski definition) is 1. The van der Waals surface area contributed by atoms with Crippen molar-refractivity contribution in [1.29, 1.82) is 0 Å². The average molecular weight is 278 g/mol. The van der Waals surface area contributed by atoms with E-state index in [1.165, 1.54) is 0 Å². The van der Waals surface area contributed by atoms with E-state index in [0.29, 0.717) is 38.5 Å². The van der Waals surface area contributed by atoms with Gasteiger partial charge in [-0.05, 0) is 32.1 Å². The van der Waals surface area contributed by atoms with Crippen molar-refractivity contribution in [3.05, 3.63) is 0 Å². The van der Waals surface area contributed by atoms with Crippen LogP contribution in [0.4, 0.5) is 0 Å². The molecule has 2 atom stereocenters. The van der Waals surface area contributed by atoms with Crippen LogP contribution in [0.15, 0.2) is 0 Å². The minimum Gasteiger partial charge on any atom is -0.390 e. The maximum Gasteiger partial charge on any atom is 0.156 e. The maximum atomic E-state index is 12.0. The van der Waals surface area contributed by atoms with Gasteiger partial charge in [-0.1, -0.05) is 0 Å². The summed E-state index contributed by atoms with van der Waals surface area (Å²) >= 11 is 0. The van der Waals surface area contributed by atoms with E-state index in [9.17, 15) is 13.5 Å². The van der Waals surface area contributed by atoms with Gasteiger partial charge in [-0.2, -0.15) is 0 Å². The van der Waals surface area contributed by atoms with E-state index in [1.807, 2.05) is 0 Å². The van der Waals surface area contributed by atoms with Crippen molar-refractivity contribution in [2.75, 3.05) is 14.2 Å². The van der Waals surface area contributed by atoms with Gasteiger partial charge in [-0.3, -0.25) is 0 Å². The molecule has 2 aliphatic heterocycles. The first kappa shape index (κ1) is 14.2. The standard InChI is InChI=1S/C12H22O5S/c1-16-11(17-2)5-6-12(13)7-9-3-4-10(8-12)18(9,14)15/h9-11,13H,3-8H2,1-2H3. The van der Waals surface area contributed by atoms with Gasteiger partial charge in [0.05, 0.1) is 16.1 Å². The summed E-state index contributed by atoms with van der Waals surface area (Å²) in [6, 6.07) is 0. The summed E-state index contributed by atoms with van der Waals surface area (Å²) in [5.41, 5.74) is -0.869. The summed E-state index contributed by atoms with van der Waals surface area (Å²) in [7, 11) is 0.153. The third kappa shape index (κ3) is 2.57. The first-order valence-corrected chi connectivity index (χ1v) is 8.03. The molecule has 2 unspecified atom stereocenters. The minimum atomic E-state index is -2.97. The van der Waals surface area contributed by atoms with Crippen molar-refractivity contribution in [2.45, 2.75) is 60.9 Å². The Hall–Kier alpha value is -0.170. The zero-order chi connectivity index (χ0) is 13.4. The predicted molar refractivity (Wildman–Crippen MR) is 67.0 cm³/mol. The zero-order valence-corrected chi connectivity index (χ0v) is 11.8. The highest BCUT2D eigenvalue weighted by Gasteiger charge is 2.52. The molecule has 1 N–H and O–H groups in total. The molecule has 0 aromatic rings. The van der Waals surface area contributed by atoms with Crippen molar-refractivity contribution in [1.82, 2.24) is 0 Å². The topological polar surface area (TPSA) is 72.8 Å². The quantitative estimate of drug-likeness (QED) is 0.755. The van der Waals surface area contributed by atoms with E-state index in [2.05, 4.69) is 0 Å². The molecule has 2 bridgehead atoms. The van der Waals surface area contributed by atoms with Gasteiger partial charge >= 0.3 is 0 Å². The summed E-state index contributed by atoms with van der Waals surface area (Å²) < 4.78 is 34.1. The second kappa shape index (κ2) is 5.07. The molecule has 2 aliphatic rings. The van der Waals surface area contributed by atoms with Crippen LogP contribution in [-0.4, -0.2) is 50.1 Å². The molecule has 106 valence electrons. The van der Waals surface area contributed by atoms with Crippen molar-refractivity contribution in [3.63, 3.8) is 0 Å². The molecule has 0 aromatic heterocycles. The van der Waals surface area contributed by atoms with E-state index in [-0.39, 0.29) is 16.8 Å². The van der Waals surface area contributed by atoms with Gasteiger partial charge in [0.15, 0.2) is 16.1 Å². The van der Waals surface area contributed by atoms with E-state index < -0.39 is 15.4 Å². The maximum absolute atomic E-state index is 12.0. The minimum absolute atomic E-state index is 0.329. The summed E-state index contributed by atoms with van der Waals surface area (Å²) in [6.07, 6.45) is 2.92. The van der Waals surface area contributed by atoms with Crippen LogP contribution in [0.25, 0.3) is 0 Å². The van der Waals surface area contributed by atoms with Gasteiger partial charge in [-0.25, -0.2) is 8.42 Å². The lowest BCUT2D eigenvalue weighted by Crippen LogP contribution is -2.45. The lowest BCUT2D eigenvalue weighted by Gasteiger charge is -2.36. The number of ether oxygens (including phenoxy) is 2. The monoisotopic (exact) mass is 278 g/mol. The third-order valence-electron chi connectivity index (χ3n) is 4.33. The van der Waals surface area contributed by atoms with E-state index >= 15 is 0 Å². The summed E-state index contributed by atoms with van der Waals surface area (Å²) in [4.78, 5) is 0. The predicted octanol–water partition coefficient (Wildman–Crippen LogP) is 0.856. The Bertz CT molecular complexity index is 367. The number of sulfone groups is 1. The SMILES string of the molecule is COC(CCC1(O)CC2CCC(C1)S2(=O)=O)OC. The lowest BCUT2D eigenvalue weighted by atomic mass is 9.88. The van der Waals surface area contributed by atoms with Crippen LogP contribution in [0, 0.1) is 0 Å². The second-order valence-corrected chi connectivity index (χ2v) is 7.99. The number of fused-ring (bicyclic) bond motifs is 2. The highest BCUT2D eigenvalue weighted by molar-refractivity contribution is 7.93. The van der Waals surface area contributed by atoms with Gasteiger partial charge in [0, 0.05) is 20.6 Å². The lowest BCUT2D eigenvalue weighted by molar-refractivity contribution is -0.118. The van der Waals surface area contributed by atoms with E-state index in [4.69, 9.17) is 9.47 Å². The fourth-order valence-corrected chi connectivity index (χ4v) is 5.82. The summed E-state index contributed by atoms with van der Waals surface area (Å²) in [5.74, 6) is 0. The van der Waals surface area contributed by atoms with Crippen LogP contribution in [-0.2, 0) is 19.3 Å². The fourth-order valence-electron chi connectivity index (χ4n) is 3.26. The molecule has 0 aliphatic carbocycles. The van der Waals surface area contributed by atoms with Gasteiger partial charge in [-0.15, -0.1) is 0 Å². The Morgan fingerprint density at radius 2 is 1.72 bits per heavy atom. The Morgan fingerprint density at radius 3 is 2.17 bits per heavy atom. The summed E-state index contributed by atoms with van der Waals surface area (Å²) in [5, 5.41) is 9.86. The molecule has 0 amide bonds. The largest absolute Gasteiger partial charge is 0.390 e. The molecular formula is C12H22O5S. The van der Waals surface area contributed by atoms with Crippen LogP contribution >= 0.6 is 0 Å². The van der Waals surface area contributed by atoms with Crippen LogP contribution < -0.4 is 0 Å². The van der Waals surface area contributed by atoms with Crippen molar-refractivity contribution >= 4 is 9.84 Å². The molecule has 6 heteroatoms. The van der Waals surface area contributed by atoms with Gasteiger partial charge < -0.3 is 14.6 Å². The highest BCUT2D eigenvalue weighted by Crippen LogP contribution is 2.44. The molecule has 2 saturated heterocycles. The second-order valence-electron chi connectivity index (χ2n) is 5.48. The Kier molecular flexibility index (Phi) is 4.02. The molecule has 2 rings (SSSR count). The molecule has 0 saturated carbocycles. The van der Waals surface area contributed by atoms with Gasteiger partial charge in [0.1, 0.15) is 0 Å². The molecule has 5 nitrogen and oxygen atoms in total. The molecule has 2 fully saturated rings. The molecule has 18 heavy (non-hydrogen) atoms. The number of methoxy groups -OCH3 is 2. The van der Waals surface area contributed by atoms with Crippen LogP contribution in [0.5, 0.6) is 0 Å². The zero-order valence-electron chi connectivity index (χ0n) is 11.0. The Balaban J connectivity index is 1.98. The first-order valence-electron chi connectivity index (χ1n) is 6.42. The summed E-state index contributed by atoms with van der Waals surface area (Å²) in [6.45, 7) is 0. The first-order chi connectivity index (χ1) is 8.41. The van der Waals surface area contributed by atoms with Crippen LogP contribution in [0.2, 0.25) is 0 Å². The van der Waals surface area contributed by atoms with Crippen molar-refractivity contribution in [2.24, 2.45) is 0 Å². The molecule has 0 radical (unpaired) electrons. The smallest absolute Gasteiger partial charge is 0.156 e. The third-order valence-corrected chi connectivity index (χ3v) is 6.99. The van der Waals surface area contributed by atoms with Crippen molar-refractivity contribution < 1.29 is 23.0 Å². The Labute approximate surface area is 108 Å². The normalized spacial score (nSPS) is 38.2.